The molecule has 2 aromatic rings. The minimum Gasteiger partial charge on any atom is -0.468 e. The van der Waals surface area contributed by atoms with Crippen LogP contribution in [0, 0.1) is 0 Å². The molecule has 1 aromatic carbocycles. The Morgan fingerprint density at radius 3 is 2.41 bits per heavy atom. The van der Waals surface area contributed by atoms with Gasteiger partial charge in [0.05, 0.1) is 10.9 Å². The van der Waals surface area contributed by atoms with E-state index in [1.807, 2.05) is 11.0 Å². The van der Waals surface area contributed by atoms with Crippen molar-refractivity contribution in [3.63, 3.8) is 0 Å². The maximum absolute atomic E-state index is 12.8. The van der Waals surface area contributed by atoms with Crippen molar-refractivity contribution in [2.45, 2.75) is 10.3 Å². The third-order valence-electron chi connectivity index (χ3n) is 4.41. The first-order valence-electron chi connectivity index (χ1n) is 8.16. The molecule has 0 amide bonds. The van der Waals surface area contributed by atoms with Crippen molar-refractivity contribution in [1.82, 2.24) is 9.21 Å². The number of carbonyl (C=O) groups is 1. The van der Waals surface area contributed by atoms with Crippen LogP contribution >= 0.6 is 38.9 Å². The summed E-state index contributed by atoms with van der Waals surface area (Å²) in [6.45, 7) is 1.37. The average Bonchev–Trinajstić information content (AvgIpc) is 3.11. The molecule has 0 bridgehead atoms. The third kappa shape index (κ3) is 4.38. The van der Waals surface area contributed by atoms with E-state index in [4.69, 9.17) is 16.3 Å². The number of hydrogen-bond donors (Lipinski definition) is 0. The van der Waals surface area contributed by atoms with Gasteiger partial charge in [0.25, 0.3) is 10.0 Å². The fraction of sp³-hybridized carbons (Fsp3) is 0.353. The van der Waals surface area contributed by atoms with Crippen molar-refractivity contribution in [3.8, 4) is 0 Å². The average molecular weight is 494 g/mol. The van der Waals surface area contributed by atoms with Crippen LogP contribution in [0.4, 0.5) is 0 Å². The molecule has 6 nitrogen and oxygen atoms in total. The van der Waals surface area contributed by atoms with E-state index in [9.17, 15) is 13.2 Å². The van der Waals surface area contributed by atoms with E-state index in [2.05, 4.69) is 15.9 Å². The van der Waals surface area contributed by atoms with Gasteiger partial charge in [-0.05, 0) is 39.7 Å². The van der Waals surface area contributed by atoms with Crippen LogP contribution in [0.2, 0.25) is 5.02 Å². The van der Waals surface area contributed by atoms with Crippen molar-refractivity contribution in [1.29, 1.82) is 0 Å². The zero-order valence-corrected chi connectivity index (χ0v) is 18.4. The van der Waals surface area contributed by atoms with Crippen LogP contribution in [0.25, 0.3) is 0 Å². The van der Waals surface area contributed by atoms with E-state index in [1.165, 1.54) is 22.8 Å². The van der Waals surface area contributed by atoms with Crippen LogP contribution in [0.1, 0.15) is 11.6 Å². The molecule has 1 saturated heterocycles. The van der Waals surface area contributed by atoms with Crippen LogP contribution in [0.15, 0.2) is 44.4 Å². The molecular formula is C17H18BrClN2O4S2. The Bertz CT molecular complexity index is 927. The predicted octanol–water partition coefficient (Wildman–Crippen LogP) is 3.38. The molecule has 1 aromatic heterocycles. The quantitative estimate of drug-likeness (QED) is 0.597. The summed E-state index contributed by atoms with van der Waals surface area (Å²) in [7, 11) is -2.20. The highest BCUT2D eigenvalue weighted by Crippen LogP contribution is 2.32. The normalized spacial score (nSPS) is 17.6. The molecule has 0 spiro atoms. The molecule has 0 aliphatic carbocycles. The van der Waals surface area contributed by atoms with Gasteiger partial charge in [0.1, 0.15) is 10.3 Å². The predicted molar refractivity (Wildman–Crippen MR) is 109 cm³/mol. The summed E-state index contributed by atoms with van der Waals surface area (Å²) >= 11 is 10.8. The van der Waals surface area contributed by atoms with Crippen LogP contribution < -0.4 is 0 Å². The molecule has 10 heteroatoms. The summed E-state index contributed by atoms with van der Waals surface area (Å²) in [4.78, 5) is 14.3. The molecule has 2 heterocycles. The Hall–Kier alpha value is -0.970. The van der Waals surface area contributed by atoms with Gasteiger partial charge < -0.3 is 4.74 Å². The summed E-state index contributed by atoms with van der Waals surface area (Å²) in [5.74, 6) is -0.415. The standard InChI is InChI=1S/C17H18BrClN2O4S2/c1-25-17(22)16(12-4-2-3-5-13(12)19)20-8-10-21(11-9-20)27(23,24)15-7-6-14(18)26-15/h2-7,16H,8-11H2,1H3. The monoisotopic (exact) mass is 492 g/mol. The number of sulfonamides is 1. The van der Waals surface area contributed by atoms with Crippen LogP contribution in [0.3, 0.4) is 0 Å². The number of hydrogen-bond acceptors (Lipinski definition) is 6. The van der Waals surface area contributed by atoms with Crippen LogP contribution in [0.5, 0.6) is 0 Å². The summed E-state index contributed by atoms with van der Waals surface area (Å²) < 4.78 is 33.0. The first-order chi connectivity index (χ1) is 12.8. The molecule has 0 saturated carbocycles. The Kier molecular flexibility index (Phi) is 6.60. The Morgan fingerprint density at radius 1 is 1.19 bits per heavy atom. The number of ether oxygens (including phenoxy) is 1. The number of benzene rings is 1. The molecule has 1 aliphatic rings. The number of piperazine rings is 1. The van der Waals surface area contributed by atoms with Gasteiger partial charge in [0, 0.05) is 31.2 Å². The van der Waals surface area contributed by atoms with E-state index < -0.39 is 22.0 Å². The molecule has 1 aliphatic heterocycles. The second-order valence-corrected chi connectivity index (χ2v) is 11.0. The van der Waals surface area contributed by atoms with Crippen molar-refractivity contribution in [3.05, 3.63) is 50.8 Å². The Morgan fingerprint density at radius 2 is 1.85 bits per heavy atom. The van der Waals surface area contributed by atoms with Crippen molar-refractivity contribution >= 4 is 54.9 Å². The van der Waals surface area contributed by atoms with Crippen molar-refractivity contribution in [2.24, 2.45) is 0 Å². The number of methoxy groups -OCH3 is 1. The molecule has 146 valence electrons. The maximum atomic E-state index is 12.8. The summed E-state index contributed by atoms with van der Waals surface area (Å²) in [6, 6.07) is 9.77. The minimum absolute atomic E-state index is 0.287. The summed E-state index contributed by atoms with van der Waals surface area (Å²) in [5, 5.41) is 0.478. The number of thiophene rings is 1. The second kappa shape index (κ2) is 8.59. The van der Waals surface area contributed by atoms with Crippen LogP contribution in [-0.4, -0.2) is 56.9 Å². The summed E-state index contributed by atoms with van der Waals surface area (Å²) in [5.41, 5.74) is 0.657. The minimum atomic E-state index is -3.54. The van der Waals surface area contributed by atoms with Gasteiger partial charge in [0.15, 0.2) is 0 Å². The second-order valence-electron chi connectivity index (χ2n) is 5.95. The third-order valence-corrected chi connectivity index (χ3v) is 8.74. The molecule has 1 atom stereocenters. The van der Waals surface area contributed by atoms with Gasteiger partial charge in [-0.25, -0.2) is 13.2 Å². The van der Waals surface area contributed by atoms with E-state index in [0.717, 1.165) is 3.79 Å². The molecular weight excluding hydrogens is 476 g/mol. The lowest BCUT2D eigenvalue weighted by atomic mass is 10.0. The van der Waals surface area contributed by atoms with Gasteiger partial charge in [-0.3, -0.25) is 4.90 Å². The zero-order valence-electron chi connectivity index (χ0n) is 14.5. The maximum Gasteiger partial charge on any atom is 0.327 e. The lowest BCUT2D eigenvalue weighted by Crippen LogP contribution is -2.51. The number of halogens is 2. The van der Waals surface area contributed by atoms with E-state index in [1.54, 1.807) is 30.3 Å². The molecule has 1 fully saturated rings. The van der Waals surface area contributed by atoms with Gasteiger partial charge in [0.2, 0.25) is 0 Å². The molecule has 0 N–H and O–H groups in total. The largest absolute Gasteiger partial charge is 0.468 e. The zero-order chi connectivity index (χ0) is 19.6. The van der Waals surface area contributed by atoms with E-state index in [0.29, 0.717) is 27.9 Å². The number of rotatable bonds is 5. The number of carbonyl (C=O) groups excluding carboxylic acids is 1. The highest BCUT2D eigenvalue weighted by molar-refractivity contribution is 9.11. The number of esters is 1. The van der Waals surface area contributed by atoms with Gasteiger partial charge in [-0.15, -0.1) is 11.3 Å². The fourth-order valence-corrected chi connectivity index (χ4v) is 6.87. The SMILES string of the molecule is COC(=O)C(c1ccccc1Cl)N1CCN(S(=O)(=O)c2ccc(Br)s2)CC1. The van der Waals surface area contributed by atoms with Crippen LogP contribution in [-0.2, 0) is 19.6 Å². The van der Waals surface area contributed by atoms with Gasteiger partial charge in [-0.1, -0.05) is 29.8 Å². The van der Waals surface area contributed by atoms with Gasteiger partial charge >= 0.3 is 5.97 Å². The molecule has 0 radical (unpaired) electrons. The number of nitrogens with zero attached hydrogens (tertiary/aromatic N) is 2. The lowest BCUT2D eigenvalue weighted by Gasteiger charge is -2.37. The topological polar surface area (TPSA) is 66.9 Å². The highest BCUT2D eigenvalue weighted by atomic mass is 79.9. The van der Waals surface area contributed by atoms with Gasteiger partial charge in [-0.2, -0.15) is 4.31 Å². The first kappa shape index (κ1) is 20.8. The fourth-order valence-electron chi connectivity index (χ4n) is 3.05. The molecule has 3 rings (SSSR count). The Balaban J connectivity index is 1.78. The lowest BCUT2D eigenvalue weighted by molar-refractivity contribution is -0.147. The molecule has 27 heavy (non-hydrogen) atoms. The summed E-state index contributed by atoms with van der Waals surface area (Å²) in [6.07, 6.45) is 0. The smallest absolute Gasteiger partial charge is 0.327 e. The van der Waals surface area contributed by atoms with E-state index >= 15 is 0 Å². The highest BCUT2D eigenvalue weighted by Gasteiger charge is 2.36. The van der Waals surface area contributed by atoms with E-state index in [-0.39, 0.29) is 13.1 Å². The van der Waals surface area contributed by atoms with Crippen molar-refractivity contribution < 1.29 is 17.9 Å². The molecule has 1 unspecified atom stereocenters. The Labute approximate surface area is 175 Å². The first-order valence-corrected chi connectivity index (χ1v) is 11.6. The van der Waals surface area contributed by atoms with Crippen molar-refractivity contribution in [2.75, 3.05) is 33.3 Å².